The number of thiazole rings is 1. The third-order valence-electron chi connectivity index (χ3n) is 5.28. The highest BCUT2D eigenvalue weighted by Crippen LogP contribution is 2.43. The van der Waals surface area contributed by atoms with Gasteiger partial charge < -0.3 is 14.4 Å². The molecule has 0 N–H and O–H groups in total. The van der Waals surface area contributed by atoms with Gasteiger partial charge in [-0.25, -0.2) is 4.98 Å². The number of aryl methyl sites for hydroxylation is 1. The van der Waals surface area contributed by atoms with E-state index in [0.717, 1.165) is 49.7 Å². The molecule has 1 amide bonds. The molecule has 4 rings (SSSR count). The van der Waals surface area contributed by atoms with E-state index in [1.165, 1.54) is 0 Å². The fraction of sp³-hybridized carbons (Fsp3) is 0.765. The van der Waals surface area contributed by atoms with Crippen molar-refractivity contribution in [1.29, 1.82) is 0 Å². The zero-order valence-electron chi connectivity index (χ0n) is 13.8. The Hall–Kier alpha value is -0.980. The zero-order valence-corrected chi connectivity index (χ0v) is 14.6. The fourth-order valence-electron chi connectivity index (χ4n) is 3.73. The number of carbonyl (C=O) groups is 1. The van der Waals surface area contributed by atoms with Crippen molar-refractivity contribution in [1.82, 2.24) is 9.88 Å². The van der Waals surface area contributed by atoms with E-state index in [1.807, 2.05) is 11.8 Å². The molecule has 0 aromatic carbocycles. The minimum Gasteiger partial charge on any atom is -0.372 e. The van der Waals surface area contributed by atoms with Crippen LogP contribution < -0.4 is 0 Å². The number of aromatic nitrogens is 1. The Balaban J connectivity index is 1.27. The Labute approximate surface area is 141 Å². The first-order chi connectivity index (χ1) is 11.0. The highest BCUT2D eigenvalue weighted by atomic mass is 32.1. The predicted octanol–water partition coefficient (Wildman–Crippen LogP) is 2.38. The molecule has 1 spiro atoms. The second-order valence-corrected chi connectivity index (χ2v) is 8.39. The van der Waals surface area contributed by atoms with Gasteiger partial charge >= 0.3 is 0 Å². The lowest BCUT2D eigenvalue weighted by Gasteiger charge is -2.53. The number of rotatable bonds is 4. The van der Waals surface area contributed by atoms with Crippen LogP contribution in [-0.4, -0.2) is 47.2 Å². The molecular formula is C17H24N2O3S. The monoisotopic (exact) mass is 336 g/mol. The number of amides is 1. The van der Waals surface area contributed by atoms with Crippen molar-refractivity contribution in [3.05, 3.63) is 16.1 Å². The van der Waals surface area contributed by atoms with E-state index in [9.17, 15) is 4.79 Å². The van der Waals surface area contributed by atoms with Gasteiger partial charge in [-0.15, -0.1) is 11.3 Å². The predicted molar refractivity (Wildman–Crippen MR) is 87.2 cm³/mol. The number of carbonyl (C=O) groups excluding carboxylic acids is 1. The first-order valence-corrected chi connectivity index (χ1v) is 9.38. The molecule has 126 valence electrons. The van der Waals surface area contributed by atoms with Crippen molar-refractivity contribution < 1.29 is 14.3 Å². The average molecular weight is 336 g/mol. The minimum atomic E-state index is -0.158. The zero-order chi connectivity index (χ0) is 16.0. The number of nitrogens with zero attached hydrogens (tertiary/aromatic N) is 2. The van der Waals surface area contributed by atoms with Crippen LogP contribution in [0, 0.1) is 18.8 Å². The summed E-state index contributed by atoms with van der Waals surface area (Å²) in [4.78, 5) is 18.7. The summed E-state index contributed by atoms with van der Waals surface area (Å²) in [5, 5.41) is 3.14. The van der Waals surface area contributed by atoms with E-state index in [4.69, 9.17) is 9.47 Å². The van der Waals surface area contributed by atoms with Gasteiger partial charge in [0.25, 0.3) is 0 Å². The Bertz CT molecular complexity index is 596. The third kappa shape index (κ3) is 3.16. The first kappa shape index (κ1) is 15.5. The molecule has 3 fully saturated rings. The Kier molecular flexibility index (Phi) is 3.94. The van der Waals surface area contributed by atoms with E-state index < -0.39 is 0 Å². The number of ether oxygens (including phenoxy) is 2. The molecule has 1 aromatic rings. The van der Waals surface area contributed by atoms with Crippen LogP contribution in [0.4, 0.5) is 0 Å². The third-order valence-corrected chi connectivity index (χ3v) is 6.10. The summed E-state index contributed by atoms with van der Waals surface area (Å²) in [6, 6.07) is 0. The van der Waals surface area contributed by atoms with Crippen LogP contribution in [0.25, 0.3) is 0 Å². The summed E-state index contributed by atoms with van der Waals surface area (Å²) in [7, 11) is 0. The smallest absolute Gasteiger partial charge is 0.226 e. The lowest BCUT2D eigenvalue weighted by Crippen LogP contribution is -2.67. The maximum absolute atomic E-state index is 12.3. The van der Waals surface area contributed by atoms with Gasteiger partial charge in [-0.1, -0.05) is 6.92 Å². The van der Waals surface area contributed by atoms with Crippen molar-refractivity contribution in [2.45, 2.75) is 51.4 Å². The standard InChI is InChI=1S/C17H24N2O3S/c1-11-5-15(11)16(20)19-9-17(10-19)6-14(3-4-22-17)21-7-13-8-23-12(2)18-13/h8,11,14-15H,3-7,9-10H2,1-2H3/t11-,14-,15+/m1/s1. The van der Waals surface area contributed by atoms with E-state index >= 15 is 0 Å². The molecule has 2 aliphatic heterocycles. The molecule has 3 atom stereocenters. The van der Waals surface area contributed by atoms with Gasteiger partial charge in [-0.05, 0) is 25.7 Å². The van der Waals surface area contributed by atoms with Gasteiger partial charge in [0, 0.05) is 24.3 Å². The summed E-state index contributed by atoms with van der Waals surface area (Å²) in [6.45, 7) is 6.95. The Morgan fingerprint density at radius 2 is 2.35 bits per heavy atom. The summed E-state index contributed by atoms with van der Waals surface area (Å²) in [5.41, 5.74) is 0.857. The molecule has 3 heterocycles. The molecule has 5 nitrogen and oxygen atoms in total. The highest BCUT2D eigenvalue weighted by Gasteiger charge is 2.53. The van der Waals surface area contributed by atoms with Gasteiger partial charge in [-0.3, -0.25) is 4.79 Å². The fourth-order valence-corrected chi connectivity index (χ4v) is 4.33. The normalized spacial score (nSPS) is 31.9. The van der Waals surface area contributed by atoms with Crippen LogP contribution in [0.3, 0.4) is 0 Å². The number of likely N-dealkylation sites (tertiary alicyclic amines) is 1. The SMILES string of the molecule is Cc1nc(CO[C@@H]2CCOC3(C2)CN(C(=O)[C@H]2C[C@H]2C)C3)cs1. The van der Waals surface area contributed by atoms with Crippen LogP contribution in [0.2, 0.25) is 0 Å². The topological polar surface area (TPSA) is 51.7 Å². The van der Waals surface area contributed by atoms with Crippen molar-refractivity contribution >= 4 is 17.2 Å². The maximum Gasteiger partial charge on any atom is 0.226 e. The van der Waals surface area contributed by atoms with Gasteiger partial charge in [0.15, 0.2) is 0 Å². The van der Waals surface area contributed by atoms with Crippen molar-refractivity contribution in [3.63, 3.8) is 0 Å². The summed E-state index contributed by atoms with van der Waals surface area (Å²) in [6.07, 6.45) is 3.09. The van der Waals surface area contributed by atoms with Crippen LogP contribution in [0.1, 0.15) is 36.9 Å². The van der Waals surface area contributed by atoms with E-state index in [1.54, 1.807) is 11.3 Å². The van der Waals surface area contributed by atoms with Crippen LogP contribution >= 0.6 is 11.3 Å². The van der Waals surface area contributed by atoms with Gasteiger partial charge in [-0.2, -0.15) is 0 Å². The van der Waals surface area contributed by atoms with Gasteiger partial charge in [0.1, 0.15) is 5.60 Å². The van der Waals surface area contributed by atoms with Crippen molar-refractivity contribution in [2.75, 3.05) is 19.7 Å². The molecule has 1 aliphatic carbocycles. The maximum atomic E-state index is 12.3. The molecule has 0 bridgehead atoms. The molecule has 0 radical (unpaired) electrons. The molecule has 2 saturated heterocycles. The molecule has 1 saturated carbocycles. The lowest BCUT2D eigenvalue weighted by atomic mass is 9.84. The molecule has 6 heteroatoms. The summed E-state index contributed by atoms with van der Waals surface area (Å²) >= 11 is 1.66. The first-order valence-electron chi connectivity index (χ1n) is 8.50. The van der Waals surface area contributed by atoms with Gasteiger partial charge in [0.05, 0.1) is 36.5 Å². The van der Waals surface area contributed by atoms with Crippen LogP contribution in [-0.2, 0) is 20.9 Å². The van der Waals surface area contributed by atoms with Crippen LogP contribution in [0.5, 0.6) is 0 Å². The molecule has 0 unspecified atom stereocenters. The Morgan fingerprint density at radius 3 is 3.00 bits per heavy atom. The molecule has 23 heavy (non-hydrogen) atoms. The van der Waals surface area contributed by atoms with Crippen molar-refractivity contribution in [3.8, 4) is 0 Å². The van der Waals surface area contributed by atoms with E-state index in [-0.39, 0.29) is 17.6 Å². The second-order valence-electron chi connectivity index (χ2n) is 7.33. The Morgan fingerprint density at radius 1 is 1.57 bits per heavy atom. The summed E-state index contributed by atoms with van der Waals surface area (Å²) in [5.74, 6) is 1.17. The largest absolute Gasteiger partial charge is 0.372 e. The van der Waals surface area contributed by atoms with Crippen molar-refractivity contribution in [2.24, 2.45) is 11.8 Å². The number of hydrogen-bond donors (Lipinski definition) is 0. The van der Waals surface area contributed by atoms with Crippen LogP contribution in [0.15, 0.2) is 5.38 Å². The van der Waals surface area contributed by atoms with E-state index in [2.05, 4.69) is 17.3 Å². The van der Waals surface area contributed by atoms with E-state index in [0.29, 0.717) is 18.4 Å². The minimum absolute atomic E-state index is 0.158. The average Bonchev–Trinajstić information content (AvgIpc) is 3.09. The lowest BCUT2D eigenvalue weighted by molar-refractivity contribution is -0.203. The molecule has 1 aromatic heterocycles. The second kappa shape index (κ2) is 5.83. The quantitative estimate of drug-likeness (QED) is 0.847. The van der Waals surface area contributed by atoms with Gasteiger partial charge in [0.2, 0.25) is 5.91 Å². The summed E-state index contributed by atoms with van der Waals surface area (Å²) < 4.78 is 12.1. The molecule has 3 aliphatic rings. The highest BCUT2D eigenvalue weighted by molar-refractivity contribution is 7.09. The number of hydrogen-bond acceptors (Lipinski definition) is 5. The molecular weight excluding hydrogens is 312 g/mol.